The molecule has 1 aromatic carbocycles. The molecule has 0 spiro atoms. The molecule has 0 amide bonds. The molecule has 0 saturated carbocycles. The summed E-state index contributed by atoms with van der Waals surface area (Å²) in [6.07, 6.45) is -0.211. The van der Waals surface area contributed by atoms with Crippen molar-refractivity contribution in [2.24, 2.45) is 7.05 Å². The smallest absolute Gasteiger partial charge is 0.201 e. The van der Waals surface area contributed by atoms with E-state index in [1.165, 1.54) is 35.8 Å². The number of nitrogens with zero attached hydrogens (tertiary/aromatic N) is 1. The fraction of sp³-hybridized carbons (Fsp3) is 0.421. The topological polar surface area (TPSA) is 3.88 Å². The number of pyridine rings is 1. The molecular weight excluding hydrogens is 242 g/mol. The van der Waals surface area contributed by atoms with Crippen molar-refractivity contribution in [1.82, 2.24) is 0 Å². The summed E-state index contributed by atoms with van der Waals surface area (Å²) in [6, 6.07) is 7.38. The fourth-order valence-corrected chi connectivity index (χ4v) is 2.18. The van der Waals surface area contributed by atoms with Crippen LogP contribution in [0.15, 0.2) is 36.5 Å². The maximum atomic E-state index is 8.33. The molecule has 0 fully saturated rings. The Balaban J connectivity index is 2.84. The van der Waals surface area contributed by atoms with Crippen LogP contribution in [0.1, 0.15) is 57.4 Å². The standard InChI is InChI=1S/C19H26N/c1-7-19(4,5)16-10-11-20(6)18(13-16)17-9-8-14(2)12-15(17)3/h8-13H,7H2,1-6H3/q+1/i2D3,4D3,5D3,11D. The quantitative estimate of drug-likeness (QED) is 0.729. The van der Waals surface area contributed by atoms with Gasteiger partial charge in [0, 0.05) is 30.0 Å². The lowest BCUT2D eigenvalue weighted by molar-refractivity contribution is -0.660. The van der Waals surface area contributed by atoms with Crippen LogP contribution in [0.4, 0.5) is 0 Å². The molecule has 1 heteroatoms. The lowest BCUT2D eigenvalue weighted by Crippen LogP contribution is -2.32. The Labute approximate surface area is 137 Å². The third-order valence-corrected chi connectivity index (χ3v) is 3.59. The maximum Gasteiger partial charge on any atom is 0.212 e. The van der Waals surface area contributed by atoms with E-state index >= 15 is 0 Å². The highest BCUT2D eigenvalue weighted by Crippen LogP contribution is 2.29. The van der Waals surface area contributed by atoms with E-state index in [1.54, 1.807) is 20.0 Å². The first-order valence-electron chi connectivity index (χ1n) is 11.6. The molecule has 0 atom stereocenters. The molecule has 2 rings (SSSR count). The molecule has 1 heterocycles. The monoisotopic (exact) mass is 278 g/mol. The molecule has 1 aromatic heterocycles. The lowest BCUT2D eigenvalue weighted by Gasteiger charge is -2.23. The Morgan fingerprint density at radius 1 is 1.25 bits per heavy atom. The van der Waals surface area contributed by atoms with Gasteiger partial charge < -0.3 is 0 Å². The van der Waals surface area contributed by atoms with Crippen molar-refractivity contribution in [1.29, 1.82) is 0 Å². The summed E-state index contributed by atoms with van der Waals surface area (Å²) >= 11 is 0. The van der Waals surface area contributed by atoms with E-state index in [0.29, 0.717) is 16.8 Å². The van der Waals surface area contributed by atoms with Crippen molar-refractivity contribution < 1.29 is 18.3 Å². The van der Waals surface area contributed by atoms with E-state index in [-0.39, 0.29) is 23.7 Å². The summed E-state index contributed by atoms with van der Waals surface area (Å²) in [6.45, 7) is -4.67. The highest BCUT2D eigenvalue weighted by Gasteiger charge is 2.22. The van der Waals surface area contributed by atoms with Crippen LogP contribution >= 0.6 is 0 Å². The molecule has 2 aromatic rings. The van der Waals surface area contributed by atoms with Gasteiger partial charge in [-0.05, 0) is 42.8 Å². The van der Waals surface area contributed by atoms with Crippen molar-refractivity contribution >= 4 is 0 Å². The summed E-state index contributed by atoms with van der Waals surface area (Å²) in [4.78, 5) is 0. The molecule has 1 nitrogen and oxygen atoms in total. The van der Waals surface area contributed by atoms with E-state index in [0.717, 1.165) is 0 Å². The van der Waals surface area contributed by atoms with Crippen molar-refractivity contribution in [2.75, 3.05) is 0 Å². The first kappa shape index (κ1) is 6.43. The minimum absolute atomic E-state index is 0.0439. The van der Waals surface area contributed by atoms with Gasteiger partial charge in [-0.1, -0.05) is 38.3 Å². The molecule has 0 bridgehead atoms. The third kappa shape index (κ3) is 2.77. The second-order valence-corrected chi connectivity index (χ2v) is 5.11. The number of hydrogen-bond acceptors (Lipinski definition) is 0. The second-order valence-electron chi connectivity index (χ2n) is 5.11. The Morgan fingerprint density at radius 2 is 2.05 bits per heavy atom. The van der Waals surface area contributed by atoms with E-state index < -0.39 is 26.0 Å². The van der Waals surface area contributed by atoms with Gasteiger partial charge in [0.05, 0.1) is 0 Å². The van der Waals surface area contributed by atoms with Gasteiger partial charge in [0.1, 0.15) is 8.42 Å². The SMILES string of the molecule is [2H]c1cc(C(CC)(C([2H])([2H])[2H])C([2H])([2H])[2H])cc(-c2ccc(C([2H])([2H])[2H])cc2C)[n+]1C. The summed E-state index contributed by atoms with van der Waals surface area (Å²) in [5.41, 5.74) is -0.254. The van der Waals surface area contributed by atoms with Crippen LogP contribution in [-0.2, 0) is 12.5 Å². The van der Waals surface area contributed by atoms with E-state index in [9.17, 15) is 0 Å². The van der Waals surface area contributed by atoms with Crippen molar-refractivity contribution in [3.05, 3.63) is 53.2 Å². The van der Waals surface area contributed by atoms with Crippen molar-refractivity contribution in [2.45, 2.75) is 46.2 Å². The van der Waals surface area contributed by atoms with Crippen LogP contribution < -0.4 is 4.57 Å². The largest absolute Gasteiger partial charge is 0.212 e. The molecular formula is C19H26N+. The molecule has 0 radical (unpaired) electrons. The van der Waals surface area contributed by atoms with E-state index in [1.807, 2.05) is 0 Å². The fourth-order valence-electron chi connectivity index (χ4n) is 2.18. The highest BCUT2D eigenvalue weighted by atomic mass is 14.9. The van der Waals surface area contributed by atoms with Gasteiger partial charge in [-0.15, -0.1) is 0 Å². The van der Waals surface area contributed by atoms with Crippen LogP contribution in [0.25, 0.3) is 11.3 Å². The molecule has 0 aliphatic rings. The number of aryl methyl sites for hydroxylation is 2. The first-order chi connectivity index (χ1) is 13.5. The summed E-state index contributed by atoms with van der Waals surface area (Å²) in [5.74, 6) is 0. The van der Waals surface area contributed by atoms with Gasteiger partial charge in [-0.3, -0.25) is 0 Å². The zero-order chi connectivity index (χ0) is 23.3. The number of hydrogen-bond donors (Lipinski definition) is 0. The van der Waals surface area contributed by atoms with Crippen molar-refractivity contribution in [3.63, 3.8) is 0 Å². The first-order valence-corrected chi connectivity index (χ1v) is 6.60. The van der Waals surface area contributed by atoms with Gasteiger partial charge in [0.15, 0.2) is 6.17 Å². The lowest BCUT2D eigenvalue weighted by atomic mass is 9.82. The predicted molar refractivity (Wildman–Crippen MR) is 85.8 cm³/mol. The van der Waals surface area contributed by atoms with E-state index in [2.05, 4.69) is 0 Å². The second kappa shape index (κ2) is 5.40. The highest BCUT2D eigenvalue weighted by molar-refractivity contribution is 5.62. The van der Waals surface area contributed by atoms with Crippen molar-refractivity contribution in [3.8, 4) is 11.3 Å². The van der Waals surface area contributed by atoms with Gasteiger partial charge in [-0.25, -0.2) is 4.57 Å². The molecule has 0 N–H and O–H groups in total. The van der Waals surface area contributed by atoms with Crippen LogP contribution in [-0.4, -0.2) is 0 Å². The molecule has 0 saturated heterocycles. The number of aromatic nitrogens is 1. The molecule has 20 heavy (non-hydrogen) atoms. The minimum atomic E-state index is -2.82. The Bertz CT molecular complexity index is 924. The molecule has 0 unspecified atom stereocenters. The number of benzene rings is 1. The summed E-state index contributed by atoms with van der Waals surface area (Å²) < 4.78 is 80.6. The molecule has 0 aliphatic heterocycles. The predicted octanol–water partition coefficient (Wildman–Crippen LogP) is 4.48. The zero-order valence-electron chi connectivity index (χ0n) is 22.0. The maximum absolute atomic E-state index is 8.33. The van der Waals surface area contributed by atoms with Gasteiger partial charge in [0.2, 0.25) is 5.69 Å². The van der Waals surface area contributed by atoms with Crippen LogP contribution in [0.2, 0.25) is 0 Å². The minimum Gasteiger partial charge on any atom is -0.201 e. The van der Waals surface area contributed by atoms with Gasteiger partial charge >= 0.3 is 0 Å². The van der Waals surface area contributed by atoms with E-state index in [4.69, 9.17) is 13.7 Å². The van der Waals surface area contributed by atoms with Crippen LogP contribution in [0, 0.1) is 13.8 Å². The third-order valence-electron chi connectivity index (χ3n) is 3.59. The Hall–Kier alpha value is -1.63. The summed E-state index contributed by atoms with van der Waals surface area (Å²) in [7, 11) is 1.62. The number of rotatable bonds is 3. The normalized spacial score (nSPS) is 20.9. The molecule has 0 aliphatic carbocycles. The van der Waals surface area contributed by atoms with Crippen LogP contribution in [0.5, 0.6) is 0 Å². The molecule has 106 valence electrons. The Morgan fingerprint density at radius 3 is 2.65 bits per heavy atom. The van der Waals surface area contributed by atoms with Gasteiger partial charge in [0.25, 0.3) is 0 Å². The average molecular weight is 278 g/mol. The van der Waals surface area contributed by atoms with Crippen LogP contribution in [0.3, 0.4) is 0 Å². The summed E-state index contributed by atoms with van der Waals surface area (Å²) in [5, 5.41) is 0. The Kier molecular flexibility index (Phi) is 1.73. The van der Waals surface area contributed by atoms with Gasteiger partial charge in [-0.2, -0.15) is 0 Å². The zero-order valence-corrected chi connectivity index (χ0v) is 12.0. The average Bonchev–Trinajstić information content (AvgIpc) is 2.55.